The molecule has 7 heteroatoms. The molecule has 0 aliphatic carbocycles. The Morgan fingerprint density at radius 3 is 2.48 bits per heavy atom. The summed E-state index contributed by atoms with van der Waals surface area (Å²) in [6, 6.07) is 13.9. The predicted octanol–water partition coefficient (Wildman–Crippen LogP) is 3.29. The number of carbonyl (C=O) groups excluding carboxylic acids is 2. The van der Waals surface area contributed by atoms with Gasteiger partial charge in [0.2, 0.25) is 11.8 Å². The molecule has 1 aromatic heterocycles. The molecule has 1 N–H and O–H groups in total. The second kappa shape index (κ2) is 10.3. The van der Waals surface area contributed by atoms with Crippen LogP contribution in [0.4, 0.5) is 5.69 Å². The van der Waals surface area contributed by atoms with E-state index in [4.69, 9.17) is 0 Å². The highest BCUT2D eigenvalue weighted by Crippen LogP contribution is 2.18. The summed E-state index contributed by atoms with van der Waals surface area (Å²) in [6.45, 7) is 6.95. The van der Waals surface area contributed by atoms with Gasteiger partial charge in [-0.1, -0.05) is 24.3 Å². The zero-order chi connectivity index (χ0) is 23.2. The molecule has 0 saturated carbocycles. The molecule has 3 aromatic rings. The first kappa shape index (κ1) is 22.5. The first-order chi connectivity index (χ1) is 16.0. The third-order valence-corrected chi connectivity index (χ3v) is 6.04. The van der Waals surface area contributed by atoms with E-state index in [9.17, 15) is 9.59 Å². The highest BCUT2D eigenvalue weighted by atomic mass is 16.2. The molecule has 1 fully saturated rings. The number of aryl methyl sites for hydroxylation is 1. The lowest BCUT2D eigenvalue weighted by atomic mass is 10.1. The molecular formula is C26H29N5O2. The lowest BCUT2D eigenvalue weighted by molar-refractivity contribution is -0.127. The van der Waals surface area contributed by atoms with Gasteiger partial charge in [0.1, 0.15) is 0 Å². The number of carbonyl (C=O) groups is 2. The minimum Gasteiger partial charge on any atom is -0.337 e. The van der Waals surface area contributed by atoms with Crippen LogP contribution in [0, 0.1) is 13.8 Å². The largest absolute Gasteiger partial charge is 0.337 e. The van der Waals surface area contributed by atoms with Crippen molar-refractivity contribution >= 4 is 23.6 Å². The maximum Gasteiger partial charge on any atom is 0.246 e. The fourth-order valence-corrected chi connectivity index (χ4v) is 3.85. The smallest absolute Gasteiger partial charge is 0.246 e. The monoisotopic (exact) mass is 443 g/mol. The van der Waals surface area contributed by atoms with Crippen molar-refractivity contribution < 1.29 is 9.59 Å². The number of nitrogens with zero attached hydrogens (tertiary/aromatic N) is 4. The molecule has 1 aliphatic rings. The van der Waals surface area contributed by atoms with Crippen LogP contribution in [0.2, 0.25) is 0 Å². The third-order valence-electron chi connectivity index (χ3n) is 6.04. The maximum atomic E-state index is 12.6. The summed E-state index contributed by atoms with van der Waals surface area (Å²) in [6.07, 6.45) is 8.84. The van der Waals surface area contributed by atoms with E-state index >= 15 is 0 Å². The number of imidazole rings is 1. The van der Waals surface area contributed by atoms with Crippen molar-refractivity contribution in [2.75, 3.05) is 38.0 Å². The van der Waals surface area contributed by atoms with E-state index in [1.54, 1.807) is 18.6 Å². The van der Waals surface area contributed by atoms with Crippen LogP contribution in [-0.2, 0) is 9.59 Å². The standard InChI is InChI=1S/C26H29N5O2/c1-20-4-3-5-24(21(20)2)28-25(32)18-29-14-16-30(17-15-29)26(33)11-8-22-6-9-23(10-7-22)31-13-12-27-19-31/h3-13,19H,14-18H2,1-2H3,(H,28,32). The second-order valence-corrected chi connectivity index (χ2v) is 8.29. The van der Waals surface area contributed by atoms with E-state index in [0.717, 1.165) is 28.1 Å². The number of amides is 2. The van der Waals surface area contributed by atoms with E-state index in [1.165, 1.54) is 0 Å². The minimum atomic E-state index is -0.0255. The molecule has 33 heavy (non-hydrogen) atoms. The highest BCUT2D eigenvalue weighted by molar-refractivity contribution is 5.93. The Morgan fingerprint density at radius 2 is 1.79 bits per heavy atom. The second-order valence-electron chi connectivity index (χ2n) is 8.29. The van der Waals surface area contributed by atoms with E-state index < -0.39 is 0 Å². The molecule has 0 unspecified atom stereocenters. The average molecular weight is 444 g/mol. The van der Waals surface area contributed by atoms with Crippen molar-refractivity contribution in [2.24, 2.45) is 0 Å². The Kier molecular flexibility index (Phi) is 7.00. The SMILES string of the molecule is Cc1cccc(NC(=O)CN2CCN(C(=O)C=Cc3ccc(-n4ccnc4)cc3)CC2)c1C. The van der Waals surface area contributed by atoms with Crippen LogP contribution < -0.4 is 5.32 Å². The normalized spacial score (nSPS) is 14.5. The molecule has 0 radical (unpaired) electrons. The zero-order valence-electron chi connectivity index (χ0n) is 19.1. The Hall–Kier alpha value is -3.71. The molecule has 4 rings (SSSR count). The highest BCUT2D eigenvalue weighted by Gasteiger charge is 2.21. The Balaban J connectivity index is 1.24. The summed E-state index contributed by atoms with van der Waals surface area (Å²) in [5, 5.41) is 3.01. The summed E-state index contributed by atoms with van der Waals surface area (Å²) >= 11 is 0. The van der Waals surface area contributed by atoms with Crippen LogP contribution in [-0.4, -0.2) is 63.9 Å². The summed E-state index contributed by atoms with van der Waals surface area (Å²) in [7, 11) is 0. The van der Waals surface area contributed by atoms with Crippen LogP contribution in [0.3, 0.4) is 0 Å². The molecule has 2 heterocycles. The van der Waals surface area contributed by atoms with Crippen LogP contribution in [0.15, 0.2) is 67.3 Å². The van der Waals surface area contributed by atoms with Gasteiger partial charge in [0.15, 0.2) is 0 Å². The van der Waals surface area contributed by atoms with Gasteiger partial charge in [0.05, 0.1) is 12.9 Å². The maximum absolute atomic E-state index is 12.6. The zero-order valence-corrected chi connectivity index (χ0v) is 19.1. The number of hydrogen-bond donors (Lipinski definition) is 1. The molecule has 2 aromatic carbocycles. The topological polar surface area (TPSA) is 70.5 Å². The number of hydrogen-bond acceptors (Lipinski definition) is 4. The van der Waals surface area contributed by atoms with Crippen LogP contribution in [0.5, 0.6) is 0 Å². The molecule has 0 spiro atoms. The van der Waals surface area contributed by atoms with Crippen molar-refractivity contribution in [1.29, 1.82) is 0 Å². The number of nitrogens with one attached hydrogen (secondary N) is 1. The number of benzene rings is 2. The number of piperazine rings is 1. The van der Waals surface area contributed by atoms with Crippen molar-refractivity contribution in [3.05, 3.63) is 84.0 Å². The van der Waals surface area contributed by atoms with Crippen LogP contribution >= 0.6 is 0 Å². The van der Waals surface area contributed by atoms with Gasteiger partial charge in [0.25, 0.3) is 0 Å². The minimum absolute atomic E-state index is 0.00632. The van der Waals surface area contributed by atoms with Gasteiger partial charge in [-0.25, -0.2) is 4.98 Å². The van der Waals surface area contributed by atoms with Gasteiger partial charge < -0.3 is 14.8 Å². The van der Waals surface area contributed by atoms with Gasteiger partial charge in [0, 0.05) is 56.0 Å². The van der Waals surface area contributed by atoms with Crippen molar-refractivity contribution in [3.8, 4) is 5.69 Å². The molecule has 0 bridgehead atoms. The predicted molar refractivity (Wildman–Crippen MR) is 130 cm³/mol. The lowest BCUT2D eigenvalue weighted by Gasteiger charge is -2.33. The van der Waals surface area contributed by atoms with Gasteiger partial charge in [-0.2, -0.15) is 0 Å². The third kappa shape index (κ3) is 5.75. The van der Waals surface area contributed by atoms with E-state index in [-0.39, 0.29) is 11.8 Å². The average Bonchev–Trinajstić information content (AvgIpc) is 3.36. The summed E-state index contributed by atoms with van der Waals surface area (Å²) in [4.78, 5) is 33.0. The first-order valence-corrected chi connectivity index (χ1v) is 11.1. The van der Waals surface area contributed by atoms with Crippen molar-refractivity contribution in [1.82, 2.24) is 19.4 Å². The quantitative estimate of drug-likeness (QED) is 0.594. The Labute approximate surface area is 194 Å². The molecule has 0 atom stereocenters. The number of anilines is 1. The molecule has 170 valence electrons. The molecule has 1 saturated heterocycles. The van der Waals surface area contributed by atoms with E-state index in [0.29, 0.717) is 32.7 Å². The fraction of sp³-hybridized carbons (Fsp3) is 0.269. The summed E-state index contributed by atoms with van der Waals surface area (Å²) < 4.78 is 1.93. The van der Waals surface area contributed by atoms with E-state index in [1.807, 2.05) is 78.1 Å². The van der Waals surface area contributed by atoms with Crippen molar-refractivity contribution in [3.63, 3.8) is 0 Å². The summed E-state index contributed by atoms with van der Waals surface area (Å²) in [5.41, 5.74) is 5.09. The van der Waals surface area contributed by atoms with E-state index in [2.05, 4.69) is 15.2 Å². The number of aromatic nitrogens is 2. The van der Waals surface area contributed by atoms with Gasteiger partial charge in [-0.05, 0) is 54.8 Å². The van der Waals surface area contributed by atoms with Crippen LogP contribution in [0.25, 0.3) is 11.8 Å². The molecule has 1 aliphatic heterocycles. The van der Waals surface area contributed by atoms with Crippen molar-refractivity contribution in [2.45, 2.75) is 13.8 Å². The Morgan fingerprint density at radius 1 is 1.03 bits per heavy atom. The van der Waals surface area contributed by atoms with Gasteiger partial charge >= 0.3 is 0 Å². The molecule has 2 amide bonds. The first-order valence-electron chi connectivity index (χ1n) is 11.1. The van der Waals surface area contributed by atoms with Gasteiger partial charge in [-0.3, -0.25) is 14.5 Å². The summed E-state index contributed by atoms with van der Waals surface area (Å²) in [5.74, 6) is -0.0318. The molecular weight excluding hydrogens is 414 g/mol. The molecule has 7 nitrogen and oxygen atoms in total. The number of rotatable bonds is 6. The van der Waals surface area contributed by atoms with Gasteiger partial charge in [-0.15, -0.1) is 0 Å². The fourth-order valence-electron chi connectivity index (χ4n) is 3.85. The Bertz CT molecular complexity index is 1130. The van der Waals surface area contributed by atoms with Crippen LogP contribution in [0.1, 0.15) is 16.7 Å². The lowest BCUT2D eigenvalue weighted by Crippen LogP contribution is -2.50.